The van der Waals surface area contributed by atoms with E-state index in [1.54, 1.807) is 49.6 Å². The second-order valence-electron chi connectivity index (χ2n) is 3.59. The smallest absolute Gasteiger partial charge is 0.252 e. The molecule has 0 aliphatic heterocycles. The quantitative estimate of drug-likeness (QED) is 0.861. The Hall–Kier alpha value is -2.56. The van der Waals surface area contributed by atoms with Gasteiger partial charge < -0.3 is 15.8 Å². The summed E-state index contributed by atoms with van der Waals surface area (Å²) in [5.41, 5.74) is 5.63. The molecule has 0 aliphatic carbocycles. The zero-order chi connectivity index (χ0) is 13.0. The molecule has 1 aromatic heterocycles. The van der Waals surface area contributed by atoms with Crippen molar-refractivity contribution in [2.24, 2.45) is 5.73 Å². The van der Waals surface area contributed by atoms with Crippen LogP contribution in [0.1, 0.15) is 10.4 Å². The predicted molar refractivity (Wildman–Crippen MR) is 68.8 cm³/mol. The van der Waals surface area contributed by atoms with Gasteiger partial charge in [-0.05, 0) is 18.2 Å². The summed E-state index contributed by atoms with van der Waals surface area (Å²) in [6.07, 6.45) is 1.62. The molecule has 18 heavy (non-hydrogen) atoms. The van der Waals surface area contributed by atoms with Crippen molar-refractivity contribution in [2.45, 2.75) is 0 Å². The van der Waals surface area contributed by atoms with E-state index in [2.05, 4.69) is 10.3 Å². The van der Waals surface area contributed by atoms with Crippen LogP contribution in [0.5, 0.6) is 11.5 Å². The van der Waals surface area contributed by atoms with E-state index in [0.29, 0.717) is 22.9 Å². The van der Waals surface area contributed by atoms with Gasteiger partial charge in [0.25, 0.3) is 5.91 Å². The van der Waals surface area contributed by atoms with E-state index in [1.165, 1.54) is 0 Å². The maximum Gasteiger partial charge on any atom is 0.252 e. The molecule has 0 fully saturated rings. The largest absolute Gasteiger partial charge is 0.456 e. The lowest BCUT2D eigenvalue weighted by molar-refractivity contribution is 0.0998. The van der Waals surface area contributed by atoms with E-state index in [1.807, 2.05) is 0 Å². The van der Waals surface area contributed by atoms with Crippen molar-refractivity contribution in [3.05, 3.63) is 48.2 Å². The van der Waals surface area contributed by atoms with Crippen molar-refractivity contribution in [1.29, 1.82) is 0 Å². The second kappa shape index (κ2) is 5.18. The minimum atomic E-state index is -0.520. The average Bonchev–Trinajstić information content (AvgIpc) is 2.39. The fourth-order valence-electron chi connectivity index (χ4n) is 1.50. The van der Waals surface area contributed by atoms with Crippen molar-refractivity contribution >= 4 is 11.7 Å². The Kier molecular flexibility index (Phi) is 3.43. The predicted octanol–water partition coefficient (Wildman–Crippen LogP) is 2.01. The summed E-state index contributed by atoms with van der Waals surface area (Å²) in [6, 6.07) is 10.3. The van der Waals surface area contributed by atoms with Crippen molar-refractivity contribution in [3.63, 3.8) is 0 Å². The van der Waals surface area contributed by atoms with Crippen molar-refractivity contribution < 1.29 is 9.53 Å². The fraction of sp³-hybridized carbons (Fsp3) is 0.0769. The Morgan fingerprint density at radius 2 is 2.11 bits per heavy atom. The lowest BCUT2D eigenvalue weighted by Crippen LogP contribution is -2.12. The van der Waals surface area contributed by atoms with Crippen LogP contribution in [0.15, 0.2) is 42.6 Å². The molecule has 5 nitrogen and oxygen atoms in total. The molecule has 0 unspecified atom stereocenters. The number of nitrogens with zero attached hydrogens (tertiary/aromatic N) is 1. The van der Waals surface area contributed by atoms with Gasteiger partial charge in [-0.15, -0.1) is 0 Å². The zero-order valence-corrected chi connectivity index (χ0v) is 9.88. The highest BCUT2D eigenvalue weighted by atomic mass is 16.5. The zero-order valence-electron chi connectivity index (χ0n) is 9.88. The lowest BCUT2D eigenvalue weighted by atomic mass is 10.2. The van der Waals surface area contributed by atoms with Gasteiger partial charge in [-0.25, -0.2) is 4.98 Å². The molecule has 0 spiro atoms. The van der Waals surface area contributed by atoms with Gasteiger partial charge in [-0.2, -0.15) is 0 Å². The fourth-order valence-corrected chi connectivity index (χ4v) is 1.50. The minimum Gasteiger partial charge on any atom is -0.456 e. The van der Waals surface area contributed by atoms with Crippen LogP contribution in [-0.4, -0.2) is 17.9 Å². The SMILES string of the molecule is CNc1cc(Oc2ccccc2C(N)=O)ccn1. The number of nitrogens with one attached hydrogen (secondary N) is 1. The molecule has 0 atom stereocenters. The lowest BCUT2D eigenvalue weighted by Gasteiger charge is -2.09. The molecule has 0 saturated heterocycles. The molecule has 0 bridgehead atoms. The number of carbonyl (C=O) groups is 1. The summed E-state index contributed by atoms with van der Waals surface area (Å²) in [7, 11) is 1.77. The standard InChI is InChI=1S/C13H13N3O2/c1-15-12-8-9(6-7-16-12)18-11-5-3-2-4-10(11)13(14)17/h2-8H,1H3,(H2,14,17)(H,15,16). The molecule has 1 heterocycles. The van der Waals surface area contributed by atoms with Crippen LogP contribution in [0.4, 0.5) is 5.82 Å². The summed E-state index contributed by atoms with van der Waals surface area (Å²) in [5, 5.41) is 2.91. The van der Waals surface area contributed by atoms with E-state index in [4.69, 9.17) is 10.5 Å². The van der Waals surface area contributed by atoms with Crippen molar-refractivity contribution in [3.8, 4) is 11.5 Å². The summed E-state index contributed by atoms with van der Waals surface area (Å²) in [6.45, 7) is 0. The van der Waals surface area contributed by atoms with Crippen molar-refractivity contribution in [1.82, 2.24) is 4.98 Å². The van der Waals surface area contributed by atoms with Crippen LogP contribution in [0.25, 0.3) is 0 Å². The Morgan fingerprint density at radius 1 is 1.33 bits per heavy atom. The maximum atomic E-state index is 11.3. The first-order valence-electron chi connectivity index (χ1n) is 5.41. The van der Waals surface area contributed by atoms with Crippen LogP contribution in [0.2, 0.25) is 0 Å². The van der Waals surface area contributed by atoms with Crippen LogP contribution in [0.3, 0.4) is 0 Å². The molecule has 0 aliphatic rings. The molecule has 0 radical (unpaired) electrons. The van der Waals surface area contributed by atoms with Gasteiger partial charge in [-0.1, -0.05) is 12.1 Å². The van der Waals surface area contributed by atoms with Gasteiger partial charge in [-0.3, -0.25) is 4.79 Å². The second-order valence-corrected chi connectivity index (χ2v) is 3.59. The Morgan fingerprint density at radius 3 is 2.83 bits per heavy atom. The number of rotatable bonds is 4. The first kappa shape index (κ1) is 11.9. The van der Waals surface area contributed by atoms with Gasteiger partial charge in [0.1, 0.15) is 17.3 Å². The minimum absolute atomic E-state index is 0.348. The Labute approximate surface area is 105 Å². The molecule has 2 aromatic rings. The molecule has 0 saturated carbocycles. The van der Waals surface area contributed by atoms with Crippen LogP contribution < -0.4 is 15.8 Å². The number of amides is 1. The van der Waals surface area contributed by atoms with Gasteiger partial charge in [0.2, 0.25) is 0 Å². The molecular weight excluding hydrogens is 230 g/mol. The van der Waals surface area contributed by atoms with Crippen LogP contribution in [-0.2, 0) is 0 Å². The molecule has 1 aromatic carbocycles. The number of hydrogen-bond donors (Lipinski definition) is 2. The average molecular weight is 243 g/mol. The third-order valence-corrected chi connectivity index (χ3v) is 2.37. The van der Waals surface area contributed by atoms with Gasteiger partial charge in [0.05, 0.1) is 5.56 Å². The van der Waals surface area contributed by atoms with E-state index in [0.717, 1.165) is 0 Å². The van der Waals surface area contributed by atoms with E-state index < -0.39 is 5.91 Å². The number of aromatic nitrogens is 1. The summed E-state index contributed by atoms with van der Waals surface area (Å²) in [4.78, 5) is 15.3. The normalized spacial score (nSPS) is 9.83. The Bertz CT molecular complexity index is 570. The summed E-state index contributed by atoms with van der Waals surface area (Å²) < 4.78 is 5.63. The number of para-hydroxylation sites is 1. The van der Waals surface area contributed by atoms with Crippen molar-refractivity contribution in [2.75, 3.05) is 12.4 Å². The molecule has 92 valence electrons. The first-order valence-corrected chi connectivity index (χ1v) is 5.41. The molecule has 1 amide bonds. The first-order chi connectivity index (χ1) is 8.70. The maximum absolute atomic E-state index is 11.3. The molecule has 5 heteroatoms. The number of carbonyl (C=O) groups excluding carboxylic acids is 1. The molecular formula is C13H13N3O2. The number of hydrogen-bond acceptors (Lipinski definition) is 4. The van der Waals surface area contributed by atoms with Crippen LogP contribution >= 0.6 is 0 Å². The number of primary amides is 1. The van der Waals surface area contributed by atoms with Crippen LogP contribution in [0, 0.1) is 0 Å². The summed E-state index contributed by atoms with van der Waals surface area (Å²) >= 11 is 0. The monoisotopic (exact) mass is 243 g/mol. The highest BCUT2D eigenvalue weighted by molar-refractivity contribution is 5.95. The van der Waals surface area contributed by atoms with Gasteiger partial charge >= 0.3 is 0 Å². The number of nitrogens with two attached hydrogens (primary N) is 1. The number of ether oxygens (including phenoxy) is 1. The Balaban J connectivity index is 2.31. The molecule has 2 rings (SSSR count). The number of benzene rings is 1. The number of pyridine rings is 1. The van der Waals surface area contributed by atoms with E-state index in [9.17, 15) is 4.79 Å². The third kappa shape index (κ3) is 2.57. The number of anilines is 1. The highest BCUT2D eigenvalue weighted by Gasteiger charge is 2.09. The molecule has 3 N–H and O–H groups in total. The summed E-state index contributed by atoms with van der Waals surface area (Å²) in [5.74, 6) is 1.18. The van der Waals surface area contributed by atoms with Gasteiger partial charge in [0.15, 0.2) is 0 Å². The topological polar surface area (TPSA) is 77.2 Å². The third-order valence-electron chi connectivity index (χ3n) is 2.37. The van der Waals surface area contributed by atoms with Gasteiger partial charge in [0, 0.05) is 19.3 Å². The van der Waals surface area contributed by atoms with E-state index in [-0.39, 0.29) is 0 Å². The highest BCUT2D eigenvalue weighted by Crippen LogP contribution is 2.25. The van der Waals surface area contributed by atoms with E-state index >= 15 is 0 Å².